The highest BCUT2D eigenvalue weighted by Crippen LogP contribution is 2.43. The van der Waals surface area contributed by atoms with Crippen molar-refractivity contribution in [3.8, 4) is 11.4 Å². The van der Waals surface area contributed by atoms with E-state index in [2.05, 4.69) is 5.43 Å². The number of carbonyl (C=O) groups is 3. The van der Waals surface area contributed by atoms with Crippen LogP contribution in [-0.2, 0) is 31.2 Å². The van der Waals surface area contributed by atoms with E-state index in [9.17, 15) is 24.3 Å². The standard InChI is InChI=1S/C30H34N4O8/c1-8-30(39)19-14-21-22-17(13-16-11-9-10-12-20(16)31-22)23(33(21)24(35)18(19)15-40-25(30)36)34(27(38)42-29(5,6)7)32-26(37)41-28(2,3)4/h9-14,23,39H,8,15H2,1-7H3,(H,32,37)/t23-,30+/m1/s1. The largest absolute Gasteiger partial charge is 0.458 e. The van der Waals surface area contributed by atoms with E-state index in [-0.39, 0.29) is 29.8 Å². The highest BCUT2D eigenvalue weighted by atomic mass is 16.6. The Morgan fingerprint density at radius 1 is 1.12 bits per heavy atom. The van der Waals surface area contributed by atoms with Gasteiger partial charge in [0.15, 0.2) is 11.8 Å². The molecule has 42 heavy (non-hydrogen) atoms. The number of fused-ring (bicyclic) bond motifs is 5. The van der Waals surface area contributed by atoms with Crippen molar-refractivity contribution < 1.29 is 33.7 Å². The first kappa shape index (κ1) is 29.1. The van der Waals surface area contributed by atoms with E-state index in [0.29, 0.717) is 16.8 Å². The highest BCUT2D eigenvalue weighted by molar-refractivity contribution is 5.87. The maximum atomic E-state index is 14.2. The minimum Gasteiger partial charge on any atom is -0.458 e. The van der Waals surface area contributed by atoms with Crippen molar-refractivity contribution in [3.63, 3.8) is 0 Å². The number of carbonyl (C=O) groups excluding carboxylic acids is 3. The number of cyclic esters (lactones) is 1. The van der Waals surface area contributed by atoms with E-state index in [1.54, 1.807) is 60.6 Å². The zero-order valence-electron chi connectivity index (χ0n) is 24.6. The number of nitrogens with zero attached hydrogens (tertiary/aromatic N) is 3. The van der Waals surface area contributed by atoms with Crippen molar-refractivity contribution in [3.05, 3.63) is 63.4 Å². The summed E-state index contributed by atoms with van der Waals surface area (Å²) in [5.41, 5.74) is -0.287. The molecule has 0 fully saturated rings. The fraction of sp³-hybridized carbons (Fsp3) is 0.433. The number of esters is 1. The first-order chi connectivity index (χ1) is 19.5. The molecule has 12 heteroatoms. The van der Waals surface area contributed by atoms with Crippen LogP contribution in [0, 0.1) is 0 Å². The molecule has 12 nitrogen and oxygen atoms in total. The molecule has 2 atom stereocenters. The first-order valence-electron chi connectivity index (χ1n) is 13.6. The monoisotopic (exact) mass is 578 g/mol. The Kier molecular flexibility index (Phi) is 6.80. The van der Waals surface area contributed by atoms with Crippen LogP contribution in [0.4, 0.5) is 9.59 Å². The number of ether oxygens (including phenoxy) is 3. The van der Waals surface area contributed by atoms with Crippen molar-refractivity contribution in [2.24, 2.45) is 0 Å². The fourth-order valence-electron chi connectivity index (χ4n) is 5.14. The van der Waals surface area contributed by atoms with Crippen molar-refractivity contribution in [2.45, 2.75) is 84.5 Å². The summed E-state index contributed by atoms with van der Waals surface area (Å²) in [7, 11) is 0. The molecule has 0 spiro atoms. The summed E-state index contributed by atoms with van der Waals surface area (Å²) in [5.74, 6) is -0.856. The number of pyridine rings is 2. The lowest BCUT2D eigenvalue weighted by Crippen LogP contribution is -2.54. The zero-order valence-corrected chi connectivity index (χ0v) is 24.6. The molecule has 2 aromatic heterocycles. The van der Waals surface area contributed by atoms with Gasteiger partial charge in [-0.1, -0.05) is 25.1 Å². The quantitative estimate of drug-likeness (QED) is 0.258. The van der Waals surface area contributed by atoms with Gasteiger partial charge in [0.25, 0.3) is 5.56 Å². The van der Waals surface area contributed by atoms with Crippen LogP contribution in [0.3, 0.4) is 0 Å². The zero-order chi connectivity index (χ0) is 30.8. The summed E-state index contributed by atoms with van der Waals surface area (Å²) in [6.07, 6.45) is -3.20. The molecule has 0 bridgehead atoms. The van der Waals surface area contributed by atoms with Crippen LogP contribution >= 0.6 is 0 Å². The highest BCUT2D eigenvalue weighted by Gasteiger charge is 2.48. The van der Waals surface area contributed by atoms with Gasteiger partial charge in [-0.05, 0) is 66.2 Å². The molecule has 2 aliphatic heterocycles. The summed E-state index contributed by atoms with van der Waals surface area (Å²) in [4.78, 5) is 58.4. The molecular formula is C30H34N4O8. The number of hydrogen-bond acceptors (Lipinski definition) is 9. The molecule has 0 unspecified atom stereocenters. The van der Waals surface area contributed by atoms with E-state index < -0.39 is 46.7 Å². The number of aromatic nitrogens is 2. The average molecular weight is 579 g/mol. The molecule has 0 saturated carbocycles. The Bertz CT molecular complexity index is 1680. The normalized spacial score (nSPS) is 19.3. The van der Waals surface area contributed by atoms with E-state index in [1.165, 1.54) is 10.6 Å². The van der Waals surface area contributed by atoms with Gasteiger partial charge in [0.05, 0.1) is 22.5 Å². The van der Waals surface area contributed by atoms with Gasteiger partial charge in [-0.3, -0.25) is 9.36 Å². The van der Waals surface area contributed by atoms with Gasteiger partial charge < -0.3 is 19.3 Å². The van der Waals surface area contributed by atoms with Crippen molar-refractivity contribution in [2.75, 3.05) is 0 Å². The molecule has 0 radical (unpaired) electrons. The third kappa shape index (κ3) is 4.95. The molecule has 5 rings (SSSR count). The second kappa shape index (κ2) is 9.83. The average Bonchev–Trinajstić information content (AvgIpc) is 3.19. The van der Waals surface area contributed by atoms with Gasteiger partial charge in [0.2, 0.25) is 0 Å². The van der Waals surface area contributed by atoms with Crippen LogP contribution in [0.1, 0.15) is 77.7 Å². The molecule has 222 valence electrons. The fourth-order valence-corrected chi connectivity index (χ4v) is 5.14. The van der Waals surface area contributed by atoms with E-state index >= 15 is 0 Å². The molecule has 0 aliphatic carbocycles. The second-order valence-electron chi connectivity index (χ2n) is 12.3. The number of benzene rings is 1. The number of amides is 2. The van der Waals surface area contributed by atoms with Crippen LogP contribution in [0.2, 0.25) is 0 Å². The lowest BCUT2D eigenvalue weighted by Gasteiger charge is -2.35. The maximum absolute atomic E-state index is 14.2. The minimum atomic E-state index is -2.04. The predicted octanol–water partition coefficient (Wildman–Crippen LogP) is 4.26. The molecule has 2 aliphatic rings. The smallest absolute Gasteiger partial charge is 0.431 e. The Hall–Kier alpha value is -4.45. The SMILES string of the molecule is CC[C@@]1(O)C(=O)OCc2c1cc1n(c2=O)[C@H](N(NC(=O)OC(C)(C)C)C(=O)OC(C)(C)C)c2cc3ccccc3nc2-1. The van der Waals surface area contributed by atoms with Gasteiger partial charge in [-0.2, -0.15) is 5.01 Å². The van der Waals surface area contributed by atoms with Crippen molar-refractivity contribution in [1.82, 2.24) is 20.0 Å². The van der Waals surface area contributed by atoms with Gasteiger partial charge >= 0.3 is 18.2 Å². The van der Waals surface area contributed by atoms with Gasteiger partial charge in [-0.15, -0.1) is 0 Å². The predicted molar refractivity (Wildman–Crippen MR) is 151 cm³/mol. The van der Waals surface area contributed by atoms with Gasteiger partial charge in [0, 0.05) is 16.5 Å². The second-order valence-corrected chi connectivity index (χ2v) is 12.3. The topological polar surface area (TPSA) is 149 Å². The summed E-state index contributed by atoms with van der Waals surface area (Å²) in [6, 6.07) is 10.6. The maximum Gasteiger partial charge on any atom is 0.431 e. The Balaban J connectivity index is 1.79. The van der Waals surface area contributed by atoms with Crippen LogP contribution in [0.5, 0.6) is 0 Å². The van der Waals surface area contributed by atoms with Crippen molar-refractivity contribution in [1.29, 1.82) is 0 Å². The van der Waals surface area contributed by atoms with Gasteiger partial charge in [-0.25, -0.2) is 24.8 Å². The Morgan fingerprint density at radius 3 is 2.43 bits per heavy atom. The number of aliphatic hydroxyl groups is 1. The molecule has 2 amide bonds. The number of hydrogen-bond donors (Lipinski definition) is 2. The van der Waals surface area contributed by atoms with Gasteiger partial charge in [0.1, 0.15) is 17.8 Å². The van der Waals surface area contributed by atoms with Crippen LogP contribution in [-0.4, -0.2) is 49.0 Å². The summed E-state index contributed by atoms with van der Waals surface area (Å²) in [6.45, 7) is 11.3. The van der Waals surface area contributed by atoms with Crippen molar-refractivity contribution >= 4 is 29.1 Å². The molecular weight excluding hydrogens is 544 g/mol. The lowest BCUT2D eigenvalue weighted by molar-refractivity contribution is -0.172. The number of para-hydroxylation sites is 1. The minimum absolute atomic E-state index is 0.0343. The third-order valence-corrected chi connectivity index (χ3v) is 6.95. The number of rotatable bonds is 2. The summed E-state index contributed by atoms with van der Waals surface area (Å²) >= 11 is 0. The molecule has 0 saturated heterocycles. The van der Waals surface area contributed by atoms with E-state index in [4.69, 9.17) is 19.2 Å². The van der Waals surface area contributed by atoms with E-state index in [1.807, 2.05) is 18.2 Å². The van der Waals surface area contributed by atoms with E-state index in [0.717, 1.165) is 10.4 Å². The third-order valence-electron chi connectivity index (χ3n) is 6.95. The molecule has 1 aromatic carbocycles. The molecule has 3 aromatic rings. The lowest BCUT2D eigenvalue weighted by atomic mass is 9.86. The first-order valence-corrected chi connectivity index (χ1v) is 13.6. The van der Waals surface area contributed by atoms with Crippen LogP contribution in [0.25, 0.3) is 22.3 Å². The Morgan fingerprint density at radius 2 is 1.79 bits per heavy atom. The molecule has 4 heterocycles. The summed E-state index contributed by atoms with van der Waals surface area (Å²) < 4.78 is 17.6. The van der Waals surface area contributed by atoms with Crippen LogP contribution in [0.15, 0.2) is 41.2 Å². The number of nitrogens with one attached hydrogen (secondary N) is 1. The Labute approximate surface area is 242 Å². The van der Waals surface area contributed by atoms with Crippen LogP contribution < -0.4 is 11.0 Å². The summed E-state index contributed by atoms with van der Waals surface area (Å²) in [5, 5.41) is 12.9. The number of hydrazine groups is 1. The molecule has 2 N–H and O–H groups in total.